The summed E-state index contributed by atoms with van der Waals surface area (Å²) in [5.74, 6) is -0.575. The van der Waals surface area contributed by atoms with Gasteiger partial charge in [0.2, 0.25) is 5.91 Å². The highest BCUT2D eigenvalue weighted by molar-refractivity contribution is 7.84. The van der Waals surface area contributed by atoms with Crippen LogP contribution in [0.15, 0.2) is 53.6 Å². The molecule has 1 aliphatic rings. The topological polar surface area (TPSA) is 102 Å². The van der Waals surface area contributed by atoms with Gasteiger partial charge in [0.1, 0.15) is 11.6 Å². The van der Waals surface area contributed by atoms with Crippen LogP contribution < -0.4 is 9.32 Å². The molecule has 1 amide bonds. The maximum Gasteiger partial charge on any atom is 0.380 e. The van der Waals surface area contributed by atoms with E-state index in [1.54, 1.807) is 24.3 Å². The van der Waals surface area contributed by atoms with Gasteiger partial charge >= 0.3 is 10.3 Å². The summed E-state index contributed by atoms with van der Waals surface area (Å²) in [5.41, 5.74) is 1.92. The number of hydrogen-bond acceptors (Lipinski definition) is 5. The molecule has 0 radical (unpaired) electrons. The van der Waals surface area contributed by atoms with E-state index in [-0.39, 0.29) is 23.5 Å². The van der Waals surface area contributed by atoms with E-state index in [0.717, 1.165) is 5.56 Å². The molecule has 9 heteroatoms. The number of rotatable bonds is 4. The van der Waals surface area contributed by atoms with Gasteiger partial charge in [0.05, 0.1) is 11.8 Å². The van der Waals surface area contributed by atoms with Crippen molar-refractivity contribution in [3.63, 3.8) is 0 Å². The molecule has 3 rings (SSSR count). The third-order valence-corrected chi connectivity index (χ3v) is 4.29. The molecular formula is C17H16FN3O4S. The molecule has 0 saturated heterocycles. The number of carbonyl (C=O) groups excluding carboxylic acids is 1. The SMILES string of the molecule is CC(=O)N1N=C(c2cccc(OS(N)(=O)=O)c2)CC1c1ccc(F)cc1. The van der Waals surface area contributed by atoms with Crippen LogP contribution in [0.3, 0.4) is 0 Å². The van der Waals surface area contributed by atoms with Crippen LogP contribution in [0.4, 0.5) is 4.39 Å². The van der Waals surface area contributed by atoms with Crippen LogP contribution in [-0.4, -0.2) is 25.0 Å². The zero-order valence-electron chi connectivity index (χ0n) is 13.8. The molecule has 1 atom stereocenters. The van der Waals surface area contributed by atoms with Gasteiger partial charge in [0.15, 0.2) is 0 Å². The van der Waals surface area contributed by atoms with Crippen molar-refractivity contribution in [1.82, 2.24) is 5.01 Å². The Hall–Kier alpha value is -2.78. The first kappa shape index (κ1) is 18.0. The van der Waals surface area contributed by atoms with Crippen LogP contribution in [0.5, 0.6) is 5.75 Å². The summed E-state index contributed by atoms with van der Waals surface area (Å²) in [6, 6.07) is 11.7. The molecule has 0 aromatic heterocycles. The van der Waals surface area contributed by atoms with Gasteiger partial charge in [-0.2, -0.15) is 18.7 Å². The van der Waals surface area contributed by atoms with Crippen LogP contribution >= 0.6 is 0 Å². The van der Waals surface area contributed by atoms with Gasteiger partial charge in [0.25, 0.3) is 0 Å². The van der Waals surface area contributed by atoms with Crippen molar-refractivity contribution in [3.05, 3.63) is 65.5 Å². The Morgan fingerprint density at radius 3 is 2.58 bits per heavy atom. The van der Waals surface area contributed by atoms with Crippen molar-refractivity contribution < 1.29 is 21.8 Å². The minimum absolute atomic E-state index is 0.0484. The Balaban J connectivity index is 1.91. The second-order valence-corrected chi connectivity index (χ2v) is 6.94. The average Bonchev–Trinajstić information content (AvgIpc) is 3.00. The lowest BCUT2D eigenvalue weighted by molar-refractivity contribution is -0.130. The van der Waals surface area contributed by atoms with Crippen LogP contribution in [0.1, 0.15) is 30.5 Å². The van der Waals surface area contributed by atoms with Crippen LogP contribution in [0, 0.1) is 5.82 Å². The fourth-order valence-corrected chi connectivity index (χ4v) is 3.15. The Morgan fingerprint density at radius 1 is 1.27 bits per heavy atom. The predicted octanol–water partition coefficient (Wildman–Crippen LogP) is 2.11. The van der Waals surface area contributed by atoms with Gasteiger partial charge in [0, 0.05) is 18.9 Å². The number of hydrazone groups is 1. The first-order valence-electron chi connectivity index (χ1n) is 7.68. The quantitative estimate of drug-likeness (QED) is 0.881. The van der Waals surface area contributed by atoms with Crippen molar-refractivity contribution in [2.75, 3.05) is 0 Å². The smallest absolute Gasteiger partial charge is 0.371 e. The van der Waals surface area contributed by atoms with Crippen molar-refractivity contribution in [1.29, 1.82) is 0 Å². The van der Waals surface area contributed by atoms with E-state index in [1.807, 2.05) is 0 Å². The predicted molar refractivity (Wildman–Crippen MR) is 93.0 cm³/mol. The summed E-state index contributed by atoms with van der Waals surface area (Å²) in [6.07, 6.45) is 0.393. The van der Waals surface area contributed by atoms with Gasteiger partial charge in [-0.05, 0) is 29.8 Å². The molecule has 26 heavy (non-hydrogen) atoms. The molecule has 136 valence electrons. The van der Waals surface area contributed by atoms with Crippen molar-refractivity contribution >= 4 is 21.9 Å². The third kappa shape index (κ3) is 4.06. The van der Waals surface area contributed by atoms with Crippen LogP contribution in [0.25, 0.3) is 0 Å². The van der Waals surface area contributed by atoms with Crippen molar-refractivity contribution in [2.24, 2.45) is 10.2 Å². The van der Waals surface area contributed by atoms with E-state index < -0.39 is 10.3 Å². The van der Waals surface area contributed by atoms with Crippen molar-refractivity contribution in [3.8, 4) is 5.75 Å². The van der Waals surface area contributed by atoms with E-state index in [9.17, 15) is 17.6 Å². The molecule has 7 nitrogen and oxygen atoms in total. The lowest BCUT2D eigenvalue weighted by Gasteiger charge is -2.20. The van der Waals surface area contributed by atoms with Gasteiger partial charge in [-0.1, -0.05) is 24.3 Å². The molecule has 1 heterocycles. The molecular weight excluding hydrogens is 361 g/mol. The normalized spacial score (nSPS) is 17.1. The number of nitrogens with two attached hydrogens (primary N) is 1. The zero-order chi connectivity index (χ0) is 18.9. The minimum atomic E-state index is -4.14. The Bertz CT molecular complexity index is 974. The number of halogens is 1. The molecule has 0 bridgehead atoms. The number of hydrogen-bond donors (Lipinski definition) is 1. The summed E-state index contributed by atoms with van der Waals surface area (Å²) in [4.78, 5) is 12.0. The van der Waals surface area contributed by atoms with E-state index in [4.69, 9.17) is 5.14 Å². The number of benzene rings is 2. The standard InChI is InChI=1S/C17H16FN3O4S/c1-11(22)21-17(12-5-7-14(18)8-6-12)10-16(20-21)13-3-2-4-15(9-13)25-26(19,23)24/h2-9,17H,10H2,1H3,(H2,19,23,24). The fourth-order valence-electron chi connectivity index (χ4n) is 2.78. The molecule has 2 aromatic rings. The first-order chi connectivity index (χ1) is 12.2. The monoisotopic (exact) mass is 377 g/mol. The Morgan fingerprint density at radius 2 is 1.96 bits per heavy atom. The molecule has 1 unspecified atom stereocenters. The number of nitrogens with zero attached hydrogens (tertiary/aromatic N) is 2. The second-order valence-electron chi connectivity index (χ2n) is 5.79. The molecule has 0 spiro atoms. The molecule has 1 aliphatic heterocycles. The van der Waals surface area contributed by atoms with Gasteiger partial charge < -0.3 is 4.18 Å². The van der Waals surface area contributed by atoms with Crippen LogP contribution in [-0.2, 0) is 15.1 Å². The molecule has 0 saturated carbocycles. The number of carbonyl (C=O) groups is 1. The largest absolute Gasteiger partial charge is 0.380 e. The van der Waals surface area contributed by atoms with Crippen molar-refractivity contribution in [2.45, 2.75) is 19.4 Å². The summed E-state index contributed by atoms with van der Waals surface area (Å²) in [7, 11) is -4.14. The summed E-state index contributed by atoms with van der Waals surface area (Å²) < 4.78 is 40.0. The highest BCUT2D eigenvalue weighted by Crippen LogP contribution is 2.33. The summed E-state index contributed by atoms with van der Waals surface area (Å²) in [5, 5.41) is 10.6. The number of amides is 1. The maximum absolute atomic E-state index is 13.2. The molecule has 2 aromatic carbocycles. The van der Waals surface area contributed by atoms with E-state index >= 15 is 0 Å². The van der Waals surface area contributed by atoms with Gasteiger partial charge in [-0.15, -0.1) is 0 Å². The second kappa shape index (κ2) is 6.85. The summed E-state index contributed by atoms with van der Waals surface area (Å²) >= 11 is 0. The Kier molecular flexibility index (Phi) is 4.75. The average molecular weight is 377 g/mol. The van der Waals surface area contributed by atoms with Crippen LogP contribution in [0.2, 0.25) is 0 Å². The first-order valence-corrected chi connectivity index (χ1v) is 9.15. The molecule has 0 fully saturated rings. The van der Waals surface area contributed by atoms with E-state index in [0.29, 0.717) is 17.7 Å². The van der Waals surface area contributed by atoms with E-state index in [1.165, 1.54) is 36.2 Å². The van der Waals surface area contributed by atoms with Gasteiger partial charge in [-0.3, -0.25) is 4.79 Å². The minimum Gasteiger partial charge on any atom is -0.371 e. The van der Waals surface area contributed by atoms with E-state index in [2.05, 4.69) is 9.28 Å². The van der Waals surface area contributed by atoms with Gasteiger partial charge in [-0.25, -0.2) is 9.40 Å². The molecule has 2 N–H and O–H groups in total. The Labute approximate surface area is 150 Å². The third-order valence-electron chi connectivity index (χ3n) is 3.87. The summed E-state index contributed by atoms with van der Waals surface area (Å²) in [6.45, 7) is 1.39. The fraction of sp³-hybridized carbons (Fsp3) is 0.176. The highest BCUT2D eigenvalue weighted by atomic mass is 32.2. The zero-order valence-corrected chi connectivity index (χ0v) is 14.6. The highest BCUT2D eigenvalue weighted by Gasteiger charge is 2.31. The maximum atomic E-state index is 13.2. The lowest BCUT2D eigenvalue weighted by atomic mass is 9.98. The molecule has 0 aliphatic carbocycles. The lowest BCUT2D eigenvalue weighted by Crippen LogP contribution is -2.24.